The highest BCUT2D eigenvalue weighted by Crippen LogP contribution is 1.95. The van der Waals surface area contributed by atoms with E-state index in [0.29, 0.717) is 19.6 Å². The van der Waals surface area contributed by atoms with Crippen molar-refractivity contribution in [1.29, 1.82) is 0 Å². The number of hydrogen-bond donors (Lipinski definition) is 2. The van der Waals surface area contributed by atoms with Crippen molar-refractivity contribution in [2.45, 2.75) is 26.3 Å². The first-order valence-corrected chi connectivity index (χ1v) is 5.32. The van der Waals surface area contributed by atoms with Crippen LogP contribution in [0.5, 0.6) is 0 Å². The highest BCUT2D eigenvalue weighted by Gasteiger charge is 2.01. The van der Waals surface area contributed by atoms with Gasteiger partial charge in [0, 0.05) is 25.8 Å². The summed E-state index contributed by atoms with van der Waals surface area (Å²) in [7, 11) is 0. The monoisotopic (exact) mass is 227 g/mol. The number of rotatable bonds is 6. The van der Waals surface area contributed by atoms with E-state index in [9.17, 15) is 9.59 Å². The Bertz CT molecular complexity index is 436. The molecule has 1 aromatic rings. The summed E-state index contributed by atoms with van der Waals surface area (Å²) in [4.78, 5) is 24.4. The van der Waals surface area contributed by atoms with Crippen LogP contribution in [-0.4, -0.2) is 22.8 Å². The van der Waals surface area contributed by atoms with E-state index in [2.05, 4.69) is 4.98 Å². The summed E-state index contributed by atoms with van der Waals surface area (Å²) >= 11 is 0. The largest absolute Gasteiger partial charge is 0.385 e. The second-order valence-electron chi connectivity index (χ2n) is 3.48. The predicted octanol–water partition coefficient (Wildman–Crippen LogP) is -0.0645. The first-order chi connectivity index (χ1) is 7.65. The first-order valence-electron chi connectivity index (χ1n) is 5.32. The number of hydrogen-bond acceptors (Lipinski definition) is 4. The minimum atomic E-state index is -0.472. The topological polar surface area (TPSA) is 90.1 Å². The minimum absolute atomic E-state index is 0.184. The van der Waals surface area contributed by atoms with E-state index in [1.54, 1.807) is 0 Å². The zero-order valence-corrected chi connectivity index (χ0v) is 9.36. The molecule has 0 fully saturated rings. The standard InChI is InChI=1S/C10H17N3O3/c1-2-5-16-6-3-4-13-8(11)7-9(14)12-10(13)15/h7H,2-6,11H2,1H3,(H,12,14,15). The van der Waals surface area contributed by atoms with Crippen LogP contribution in [0.25, 0.3) is 0 Å². The van der Waals surface area contributed by atoms with Crippen molar-refractivity contribution in [3.63, 3.8) is 0 Å². The highest BCUT2D eigenvalue weighted by molar-refractivity contribution is 5.25. The summed E-state index contributed by atoms with van der Waals surface area (Å²) in [5.41, 5.74) is 4.62. The van der Waals surface area contributed by atoms with Crippen LogP contribution in [0.2, 0.25) is 0 Å². The number of nitrogens with zero attached hydrogens (tertiary/aromatic N) is 1. The van der Waals surface area contributed by atoms with Crippen molar-refractivity contribution >= 4 is 5.82 Å². The molecule has 16 heavy (non-hydrogen) atoms. The lowest BCUT2D eigenvalue weighted by atomic mass is 10.4. The van der Waals surface area contributed by atoms with Gasteiger partial charge >= 0.3 is 5.69 Å². The van der Waals surface area contributed by atoms with Gasteiger partial charge in [-0.15, -0.1) is 0 Å². The van der Waals surface area contributed by atoms with Crippen LogP contribution in [0.1, 0.15) is 19.8 Å². The van der Waals surface area contributed by atoms with Gasteiger partial charge < -0.3 is 10.5 Å². The summed E-state index contributed by atoms with van der Waals surface area (Å²) < 4.78 is 6.61. The van der Waals surface area contributed by atoms with E-state index < -0.39 is 11.2 Å². The molecule has 90 valence electrons. The van der Waals surface area contributed by atoms with E-state index in [1.165, 1.54) is 10.6 Å². The van der Waals surface area contributed by atoms with E-state index >= 15 is 0 Å². The van der Waals surface area contributed by atoms with Gasteiger partial charge in [0.15, 0.2) is 0 Å². The van der Waals surface area contributed by atoms with Gasteiger partial charge in [0.2, 0.25) is 0 Å². The van der Waals surface area contributed by atoms with E-state index in [4.69, 9.17) is 10.5 Å². The Hall–Kier alpha value is -1.56. The van der Waals surface area contributed by atoms with Crippen molar-refractivity contribution in [2.24, 2.45) is 0 Å². The van der Waals surface area contributed by atoms with Crippen molar-refractivity contribution in [3.05, 3.63) is 26.9 Å². The third-order valence-corrected chi connectivity index (χ3v) is 2.08. The lowest BCUT2D eigenvalue weighted by molar-refractivity contribution is 0.129. The van der Waals surface area contributed by atoms with Gasteiger partial charge in [0.05, 0.1) is 0 Å². The van der Waals surface area contributed by atoms with Gasteiger partial charge in [-0.25, -0.2) is 4.79 Å². The molecule has 0 aromatic carbocycles. The molecule has 6 nitrogen and oxygen atoms in total. The fraction of sp³-hybridized carbons (Fsp3) is 0.600. The zero-order valence-electron chi connectivity index (χ0n) is 9.36. The van der Waals surface area contributed by atoms with Crippen molar-refractivity contribution < 1.29 is 4.74 Å². The van der Waals surface area contributed by atoms with E-state index in [0.717, 1.165) is 13.0 Å². The fourth-order valence-electron chi connectivity index (χ4n) is 1.34. The summed E-state index contributed by atoms with van der Waals surface area (Å²) in [5.74, 6) is 0.184. The highest BCUT2D eigenvalue weighted by atomic mass is 16.5. The summed E-state index contributed by atoms with van der Waals surface area (Å²) in [5, 5.41) is 0. The third kappa shape index (κ3) is 3.54. The Kier molecular flexibility index (Phi) is 4.78. The summed E-state index contributed by atoms with van der Waals surface area (Å²) in [6.07, 6.45) is 1.66. The Morgan fingerprint density at radius 3 is 2.81 bits per heavy atom. The van der Waals surface area contributed by atoms with Gasteiger partial charge in [-0.1, -0.05) is 6.92 Å². The van der Waals surface area contributed by atoms with Crippen molar-refractivity contribution in [2.75, 3.05) is 18.9 Å². The smallest absolute Gasteiger partial charge is 0.329 e. The normalized spacial score (nSPS) is 10.6. The van der Waals surface area contributed by atoms with Gasteiger partial charge in [-0.3, -0.25) is 14.3 Å². The molecule has 0 unspecified atom stereocenters. The average molecular weight is 227 g/mol. The average Bonchev–Trinajstić information content (AvgIpc) is 2.20. The lowest BCUT2D eigenvalue weighted by Crippen LogP contribution is -2.31. The van der Waals surface area contributed by atoms with Crippen LogP contribution in [0.15, 0.2) is 15.7 Å². The molecule has 0 aliphatic rings. The SMILES string of the molecule is CCCOCCCn1c(N)cc(=O)[nH]c1=O. The molecule has 0 atom stereocenters. The molecule has 3 N–H and O–H groups in total. The zero-order chi connectivity index (χ0) is 12.0. The maximum Gasteiger partial charge on any atom is 0.329 e. The second-order valence-corrected chi connectivity index (χ2v) is 3.48. The molecular formula is C10H17N3O3. The van der Waals surface area contributed by atoms with Gasteiger partial charge in [0.1, 0.15) is 5.82 Å². The number of aromatic amines is 1. The van der Waals surface area contributed by atoms with Crippen LogP contribution >= 0.6 is 0 Å². The Morgan fingerprint density at radius 2 is 2.19 bits per heavy atom. The van der Waals surface area contributed by atoms with Crippen LogP contribution in [0, 0.1) is 0 Å². The molecule has 0 bridgehead atoms. The van der Waals surface area contributed by atoms with Gasteiger partial charge in [-0.2, -0.15) is 0 Å². The molecule has 1 aromatic heterocycles. The molecule has 6 heteroatoms. The molecular weight excluding hydrogens is 210 g/mol. The minimum Gasteiger partial charge on any atom is -0.385 e. The van der Waals surface area contributed by atoms with Crippen LogP contribution < -0.4 is 17.0 Å². The molecule has 1 heterocycles. The number of nitrogens with two attached hydrogens (primary N) is 1. The molecule has 0 spiro atoms. The molecule has 0 amide bonds. The summed E-state index contributed by atoms with van der Waals surface area (Å²) in [6, 6.07) is 1.20. The maximum absolute atomic E-state index is 11.4. The lowest BCUT2D eigenvalue weighted by Gasteiger charge is -2.08. The fourth-order valence-corrected chi connectivity index (χ4v) is 1.34. The van der Waals surface area contributed by atoms with Crippen LogP contribution in [0.4, 0.5) is 5.82 Å². The number of ether oxygens (including phenoxy) is 1. The number of nitrogen functional groups attached to an aromatic ring is 1. The van der Waals surface area contributed by atoms with Crippen molar-refractivity contribution in [1.82, 2.24) is 9.55 Å². The van der Waals surface area contributed by atoms with Gasteiger partial charge in [-0.05, 0) is 12.8 Å². The molecule has 0 aliphatic carbocycles. The van der Waals surface area contributed by atoms with E-state index in [1.807, 2.05) is 6.92 Å². The number of H-pyrrole nitrogens is 1. The van der Waals surface area contributed by atoms with Crippen molar-refractivity contribution in [3.8, 4) is 0 Å². The molecule has 1 rings (SSSR count). The molecule has 0 aliphatic heterocycles. The Balaban J connectivity index is 2.54. The van der Waals surface area contributed by atoms with Crippen LogP contribution in [-0.2, 0) is 11.3 Å². The Labute approximate surface area is 93.0 Å². The van der Waals surface area contributed by atoms with E-state index in [-0.39, 0.29) is 5.82 Å². The van der Waals surface area contributed by atoms with Crippen LogP contribution in [0.3, 0.4) is 0 Å². The third-order valence-electron chi connectivity index (χ3n) is 2.08. The molecule has 0 saturated carbocycles. The second kappa shape index (κ2) is 6.12. The number of nitrogens with one attached hydrogen (secondary N) is 1. The Morgan fingerprint density at radius 1 is 1.44 bits per heavy atom. The quantitative estimate of drug-likeness (QED) is 0.666. The molecule has 0 radical (unpaired) electrons. The number of aromatic nitrogens is 2. The van der Waals surface area contributed by atoms with Gasteiger partial charge in [0.25, 0.3) is 5.56 Å². The predicted molar refractivity (Wildman–Crippen MR) is 61.5 cm³/mol. The first kappa shape index (κ1) is 12.5. The molecule has 0 saturated heterocycles. The number of anilines is 1. The summed E-state index contributed by atoms with van der Waals surface area (Å²) in [6.45, 7) is 3.78. The maximum atomic E-state index is 11.4.